The number of thiazole rings is 1. The van der Waals surface area contributed by atoms with Crippen molar-refractivity contribution in [2.75, 3.05) is 6.54 Å². The van der Waals surface area contributed by atoms with E-state index in [1.165, 1.54) is 22.3 Å². The molecule has 4 aromatic rings. The fourth-order valence-electron chi connectivity index (χ4n) is 3.09. The highest BCUT2D eigenvalue weighted by atomic mass is 35.5. The zero-order chi connectivity index (χ0) is 18.8. The molecule has 0 aliphatic heterocycles. The summed E-state index contributed by atoms with van der Waals surface area (Å²) in [6.45, 7) is 2.46. The summed E-state index contributed by atoms with van der Waals surface area (Å²) in [5.74, 6) is -0.151. The molecule has 0 spiro atoms. The lowest BCUT2D eigenvalue weighted by atomic mass is 10.1. The molecule has 2 aromatic heterocycles. The Labute approximate surface area is 166 Å². The Kier molecular flexibility index (Phi) is 4.97. The maximum absolute atomic E-state index is 12.6. The SMILES string of the molecule is Cc1sc(-c2ccccc2Cl)nc1C(=O)NCCc1c[nH]c2ccccc12. The Morgan fingerprint density at radius 2 is 1.96 bits per heavy atom. The number of benzene rings is 2. The second-order valence-corrected chi connectivity index (χ2v) is 7.88. The lowest BCUT2D eigenvalue weighted by Gasteiger charge is -2.04. The van der Waals surface area contributed by atoms with Crippen molar-refractivity contribution in [1.29, 1.82) is 0 Å². The molecule has 1 amide bonds. The number of halogens is 1. The largest absolute Gasteiger partial charge is 0.361 e. The predicted octanol–water partition coefficient (Wildman–Crippen LogP) is 5.23. The number of nitrogens with zero attached hydrogens (tertiary/aromatic N) is 1. The van der Waals surface area contributed by atoms with Crippen molar-refractivity contribution in [3.63, 3.8) is 0 Å². The number of aryl methyl sites for hydroxylation is 1. The average Bonchev–Trinajstić information content (AvgIpc) is 3.26. The summed E-state index contributed by atoms with van der Waals surface area (Å²) in [5.41, 5.74) is 3.62. The predicted molar refractivity (Wildman–Crippen MR) is 112 cm³/mol. The van der Waals surface area contributed by atoms with Gasteiger partial charge < -0.3 is 10.3 Å². The molecule has 0 fully saturated rings. The summed E-state index contributed by atoms with van der Waals surface area (Å²) in [6, 6.07) is 15.7. The van der Waals surface area contributed by atoms with Gasteiger partial charge in [-0.25, -0.2) is 4.98 Å². The quantitative estimate of drug-likeness (QED) is 0.486. The lowest BCUT2D eigenvalue weighted by molar-refractivity contribution is 0.0949. The Bertz CT molecular complexity index is 1120. The van der Waals surface area contributed by atoms with Crippen LogP contribution in [0, 0.1) is 6.92 Å². The monoisotopic (exact) mass is 395 g/mol. The standard InChI is InChI=1S/C21H18ClN3OS/c1-13-19(25-21(27-13)16-7-2-4-8-17(16)22)20(26)23-11-10-14-12-24-18-9-5-3-6-15(14)18/h2-9,12,24H,10-11H2,1H3,(H,23,26). The Hall–Kier alpha value is -2.63. The van der Waals surface area contributed by atoms with Gasteiger partial charge in [-0.15, -0.1) is 11.3 Å². The fourth-order valence-corrected chi connectivity index (χ4v) is 4.32. The van der Waals surface area contributed by atoms with Crippen LogP contribution in [0.1, 0.15) is 20.9 Å². The van der Waals surface area contributed by atoms with E-state index >= 15 is 0 Å². The highest BCUT2D eigenvalue weighted by molar-refractivity contribution is 7.15. The molecule has 0 aliphatic carbocycles. The van der Waals surface area contributed by atoms with Crippen LogP contribution >= 0.6 is 22.9 Å². The molecule has 6 heteroatoms. The maximum atomic E-state index is 12.6. The van der Waals surface area contributed by atoms with Crippen LogP contribution < -0.4 is 5.32 Å². The summed E-state index contributed by atoms with van der Waals surface area (Å²) in [7, 11) is 0. The minimum absolute atomic E-state index is 0.151. The summed E-state index contributed by atoms with van der Waals surface area (Å²) >= 11 is 7.73. The average molecular weight is 396 g/mol. The molecule has 136 valence electrons. The van der Waals surface area contributed by atoms with Gasteiger partial charge in [0.15, 0.2) is 0 Å². The second-order valence-electron chi connectivity index (χ2n) is 6.27. The van der Waals surface area contributed by atoms with Crippen LogP contribution in [0.2, 0.25) is 5.02 Å². The molecule has 2 aromatic carbocycles. The number of aromatic amines is 1. The highest BCUT2D eigenvalue weighted by Gasteiger charge is 2.17. The van der Waals surface area contributed by atoms with E-state index < -0.39 is 0 Å². The molecular weight excluding hydrogens is 378 g/mol. The fraction of sp³-hybridized carbons (Fsp3) is 0.143. The van der Waals surface area contributed by atoms with E-state index in [0.29, 0.717) is 17.3 Å². The minimum Gasteiger partial charge on any atom is -0.361 e. The number of hydrogen-bond acceptors (Lipinski definition) is 3. The molecule has 0 unspecified atom stereocenters. The Balaban J connectivity index is 1.45. The van der Waals surface area contributed by atoms with Crippen molar-refractivity contribution < 1.29 is 4.79 Å². The first kappa shape index (κ1) is 17.8. The van der Waals surface area contributed by atoms with Crippen molar-refractivity contribution in [1.82, 2.24) is 15.3 Å². The summed E-state index contributed by atoms with van der Waals surface area (Å²) in [5, 5.41) is 5.57. The molecule has 0 saturated heterocycles. The van der Waals surface area contributed by atoms with Crippen molar-refractivity contribution in [3.8, 4) is 10.6 Å². The van der Waals surface area contributed by atoms with E-state index in [1.807, 2.05) is 55.6 Å². The van der Waals surface area contributed by atoms with E-state index in [9.17, 15) is 4.79 Å². The van der Waals surface area contributed by atoms with E-state index in [-0.39, 0.29) is 5.91 Å². The molecule has 0 atom stereocenters. The second kappa shape index (κ2) is 7.55. The van der Waals surface area contributed by atoms with Crippen LogP contribution in [0.3, 0.4) is 0 Å². The van der Waals surface area contributed by atoms with E-state index in [4.69, 9.17) is 11.6 Å². The zero-order valence-electron chi connectivity index (χ0n) is 14.8. The number of para-hydroxylation sites is 1. The molecule has 4 nitrogen and oxygen atoms in total. The van der Waals surface area contributed by atoms with Crippen LogP contribution in [0.25, 0.3) is 21.5 Å². The van der Waals surface area contributed by atoms with E-state index in [1.54, 1.807) is 0 Å². The number of aromatic nitrogens is 2. The van der Waals surface area contributed by atoms with E-state index in [0.717, 1.165) is 27.4 Å². The van der Waals surface area contributed by atoms with Crippen LogP contribution in [0.5, 0.6) is 0 Å². The maximum Gasteiger partial charge on any atom is 0.271 e. The highest BCUT2D eigenvalue weighted by Crippen LogP contribution is 2.32. The molecule has 0 bridgehead atoms. The Morgan fingerprint density at radius 1 is 1.19 bits per heavy atom. The van der Waals surface area contributed by atoms with Gasteiger partial charge >= 0.3 is 0 Å². The molecule has 0 radical (unpaired) electrons. The van der Waals surface area contributed by atoms with Gasteiger partial charge in [-0.1, -0.05) is 48.0 Å². The molecule has 2 N–H and O–H groups in total. The van der Waals surface area contributed by atoms with Gasteiger partial charge in [0, 0.05) is 34.1 Å². The smallest absolute Gasteiger partial charge is 0.271 e. The zero-order valence-corrected chi connectivity index (χ0v) is 16.3. The first-order valence-corrected chi connectivity index (χ1v) is 9.88. The van der Waals surface area contributed by atoms with Gasteiger partial charge in [-0.05, 0) is 31.0 Å². The number of H-pyrrole nitrogens is 1. The van der Waals surface area contributed by atoms with Crippen LogP contribution in [-0.2, 0) is 6.42 Å². The molecule has 0 aliphatic rings. The molecule has 4 rings (SSSR count). The van der Waals surface area contributed by atoms with Gasteiger partial charge in [0.1, 0.15) is 10.7 Å². The Morgan fingerprint density at radius 3 is 2.81 bits per heavy atom. The topological polar surface area (TPSA) is 57.8 Å². The van der Waals surface area contributed by atoms with Gasteiger partial charge in [0.2, 0.25) is 0 Å². The number of carbonyl (C=O) groups excluding carboxylic acids is 1. The first-order chi connectivity index (χ1) is 13.1. The van der Waals surface area contributed by atoms with Crippen molar-refractivity contribution in [3.05, 3.63) is 75.9 Å². The molecule has 27 heavy (non-hydrogen) atoms. The minimum atomic E-state index is -0.151. The number of nitrogens with one attached hydrogen (secondary N) is 2. The normalized spacial score (nSPS) is 11.0. The summed E-state index contributed by atoms with van der Waals surface area (Å²) < 4.78 is 0. The molecular formula is C21H18ClN3OS. The third kappa shape index (κ3) is 3.61. The van der Waals surface area contributed by atoms with Crippen molar-refractivity contribution in [2.45, 2.75) is 13.3 Å². The van der Waals surface area contributed by atoms with Gasteiger partial charge in [-0.2, -0.15) is 0 Å². The van der Waals surface area contributed by atoms with Gasteiger partial charge in [-0.3, -0.25) is 4.79 Å². The number of amides is 1. The number of hydrogen-bond donors (Lipinski definition) is 2. The number of rotatable bonds is 5. The van der Waals surface area contributed by atoms with Crippen molar-refractivity contribution in [2.24, 2.45) is 0 Å². The summed E-state index contributed by atoms with van der Waals surface area (Å²) in [4.78, 5) is 21.2. The van der Waals surface area contributed by atoms with Crippen LogP contribution in [-0.4, -0.2) is 22.4 Å². The van der Waals surface area contributed by atoms with Crippen LogP contribution in [0.15, 0.2) is 54.7 Å². The lowest BCUT2D eigenvalue weighted by Crippen LogP contribution is -2.26. The van der Waals surface area contributed by atoms with Gasteiger partial charge in [0.25, 0.3) is 5.91 Å². The molecule has 0 saturated carbocycles. The molecule has 2 heterocycles. The van der Waals surface area contributed by atoms with E-state index in [2.05, 4.69) is 21.4 Å². The first-order valence-electron chi connectivity index (χ1n) is 8.69. The third-order valence-corrected chi connectivity index (χ3v) is 5.80. The summed E-state index contributed by atoms with van der Waals surface area (Å²) in [6.07, 6.45) is 2.76. The third-order valence-electron chi connectivity index (χ3n) is 4.47. The van der Waals surface area contributed by atoms with Gasteiger partial charge in [0.05, 0.1) is 5.02 Å². The van der Waals surface area contributed by atoms with Crippen LogP contribution in [0.4, 0.5) is 0 Å². The van der Waals surface area contributed by atoms with Crippen molar-refractivity contribution >= 4 is 39.7 Å². The number of fused-ring (bicyclic) bond motifs is 1. The number of carbonyl (C=O) groups is 1.